The lowest BCUT2D eigenvalue weighted by atomic mass is 10.2. The van der Waals surface area contributed by atoms with Crippen molar-refractivity contribution in [2.45, 2.75) is 12.6 Å². The van der Waals surface area contributed by atoms with Crippen LogP contribution in [0.4, 0.5) is 18.9 Å². The van der Waals surface area contributed by atoms with Crippen LogP contribution in [0.5, 0.6) is 0 Å². The fourth-order valence-electron chi connectivity index (χ4n) is 2.25. The highest BCUT2D eigenvalue weighted by Gasteiger charge is 2.30. The van der Waals surface area contributed by atoms with Crippen molar-refractivity contribution in [3.63, 3.8) is 0 Å². The van der Waals surface area contributed by atoms with Gasteiger partial charge in [0.15, 0.2) is 0 Å². The Morgan fingerprint density at radius 2 is 2.00 bits per heavy atom. The summed E-state index contributed by atoms with van der Waals surface area (Å²) in [7, 11) is 0. The molecule has 0 atom stereocenters. The summed E-state index contributed by atoms with van der Waals surface area (Å²) >= 11 is 5.87. The third-order valence-electron chi connectivity index (χ3n) is 3.28. The van der Waals surface area contributed by atoms with Crippen LogP contribution in [0.2, 0.25) is 5.02 Å². The first-order valence-corrected chi connectivity index (χ1v) is 7.29. The van der Waals surface area contributed by atoms with Gasteiger partial charge in [0.2, 0.25) is 5.91 Å². The number of nitrogens with one attached hydrogen (secondary N) is 1. The SMILES string of the molecule is O=C(Cc1cn2cc(Cl)ccc2n1)Nc1cccc(C(F)(F)F)c1. The van der Waals surface area contributed by atoms with Crippen molar-refractivity contribution >= 4 is 28.8 Å². The van der Waals surface area contributed by atoms with Crippen molar-refractivity contribution in [2.24, 2.45) is 0 Å². The van der Waals surface area contributed by atoms with Crippen molar-refractivity contribution in [3.05, 3.63) is 65.1 Å². The smallest absolute Gasteiger partial charge is 0.326 e. The molecule has 2 aromatic heterocycles. The molecule has 0 fully saturated rings. The fraction of sp³-hybridized carbons (Fsp3) is 0.125. The van der Waals surface area contributed by atoms with Gasteiger partial charge in [-0.05, 0) is 30.3 Å². The number of fused-ring (bicyclic) bond motifs is 1. The Morgan fingerprint density at radius 1 is 1.21 bits per heavy atom. The summed E-state index contributed by atoms with van der Waals surface area (Å²) in [5.74, 6) is -0.455. The molecule has 0 aliphatic carbocycles. The number of hydrogen-bond donors (Lipinski definition) is 1. The Hall–Kier alpha value is -2.54. The molecule has 2 heterocycles. The number of nitrogens with zero attached hydrogens (tertiary/aromatic N) is 2. The van der Waals surface area contributed by atoms with Crippen molar-refractivity contribution in [3.8, 4) is 0 Å². The molecule has 1 amide bonds. The molecule has 3 aromatic rings. The second-order valence-corrected chi connectivity index (χ2v) is 5.58. The maximum absolute atomic E-state index is 12.7. The molecule has 0 spiro atoms. The van der Waals surface area contributed by atoms with Crippen molar-refractivity contribution in [1.82, 2.24) is 9.38 Å². The zero-order valence-corrected chi connectivity index (χ0v) is 12.9. The monoisotopic (exact) mass is 353 g/mol. The second kappa shape index (κ2) is 6.16. The number of imidazole rings is 1. The van der Waals surface area contributed by atoms with Crippen LogP contribution in [0.3, 0.4) is 0 Å². The molecule has 0 saturated carbocycles. The van der Waals surface area contributed by atoms with Gasteiger partial charge in [0, 0.05) is 18.1 Å². The van der Waals surface area contributed by atoms with E-state index in [2.05, 4.69) is 10.3 Å². The van der Waals surface area contributed by atoms with Crippen LogP contribution in [0.1, 0.15) is 11.3 Å². The maximum Gasteiger partial charge on any atom is 0.416 e. The highest BCUT2D eigenvalue weighted by atomic mass is 35.5. The standard InChI is InChI=1S/C16H11ClF3N3O/c17-11-4-5-14-21-13(9-23(14)8-11)7-15(24)22-12-3-1-2-10(6-12)16(18,19)20/h1-6,8-9H,7H2,(H,22,24). The Kier molecular flexibility index (Phi) is 4.19. The Balaban J connectivity index is 1.73. The van der Waals surface area contributed by atoms with Gasteiger partial charge in [-0.25, -0.2) is 4.98 Å². The molecule has 124 valence electrons. The summed E-state index contributed by atoms with van der Waals surface area (Å²) in [6, 6.07) is 7.86. The van der Waals surface area contributed by atoms with E-state index in [-0.39, 0.29) is 12.1 Å². The number of aromatic nitrogens is 2. The lowest BCUT2D eigenvalue weighted by molar-refractivity contribution is -0.137. The first kappa shape index (κ1) is 16.3. The van der Waals surface area contributed by atoms with Gasteiger partial charge in [0.25, 0.3) is 0 Å². The maximum atomic E-state index is 12.7. The summed E-state index contributed by atoms with van der Waals surface area (Å²) < 4.78 is 39.7. The zero-order chi connectivity index (χ0) is 17.3. The Bertz CT molecular complexity index is 905. The number of amides is 1. The minimum Gasteiger partial charge on any atom is -0.326 e. The zero-order valence-electron chi connectivity index (χ0n) is 12.1. The topological polar surface area (TPSA) is 46.4 Å². The lowest BCUT2D eigenvalue weighted by Gasteiger charge is -2.09. The van der Waals surface area contributed by atoms with Gasteiger partial charge in [-0.3, -0.25) is 4.79 Å². The molecule has 4 nitrogen and oxygen atoms in total. The minimum absolute atomic E-state index is 0.0600. The highest BCUT2D eigenvalue weighted by molar-refractivity contribution is 6.30. The molecule has 0 aliphatic rings. The van der Waals surface area contributed by atoms with Crippen LogP contribution in [-0.4, -0.2) is 15.3 Å². The van der Waals surface area contributed by atoms with Gasteiger partial charge in [-0.1, -0.05) is 17.7 Å². The van der Waals surface area contributed by atoms with E-state index in [4.69, 9.17) is 11.6 Å². The van der Waals surface area contributed by atoms with Crippen LogP contribution in [0, 0.1) is 0 Å². The number of anilines is 1. The van der Waals surface area contributed by atoms with Crippen LogP contribution >= 0.6 is 11.6 Å². The molecule has 0 saturated heterocycles. The van der Waals surface area contributed by atoms with Crippen LogP contribution in [0.25, 0.3) is 5.65 Å². The number of carbonyl (C=O) groups is 1. The highest BCUT2D eigenvalue weighted by Crippen LogP contribution is 2.30. The number of halogens is 4. The third-order valence-corrected chi connectivity index (χ3v) is 3.50. The quantitative estimate of drug-likeness (QED) is 0.767. The normalized spacial score (nSPS) is 11.7. The molecule has 1 aromatic carbocycles. The van der Waals surface area contributed by atoms with Gasteiger partial charge in [-0.2, -0.15) is 13.2 Å². The Morgan fingerprint density at radius 3 is 2.75 bits per heavy atom. The molecule has 0 radical (unpaired) electrons. The first-order chi connectivity index (χ1) is 11.3. The number of alkyl halides is 3. The van der Waals surface area contributed by atoms with Crippen LogP contribution in [0.15, 0.2) is 48.8 Å². The Labute approximate surface area is 139 Å². The fourth-order valence-corrected chi connectivity index (χ4v) is 2.41. The molecule has 0 unspecified atom stereocenters. The molecule has 0 bridgehead atoms. The summed E-state index contributed by atoms with van der Waals surface area (Å²) in [6.45, 7) is 0. The first-order valence-electron chi connectivity index (χ1n) is 6.91. The molecule has 0 aliphatic heterocycles. The number of hydrogen-bond acceptors (Lipinski definition) is 2. The summed E-state index contributed by atoms with van der Waals surface area (Å²) in [5, 5.41) is 2.97. The van der Waals surface area contributed by atoms with Crippen molar-refractivity contribution < 1.29 is 18.0 Å². The van der Waals surface area contributed by atoms with E-state index >= 15 is 0 Å². The van der Waals surface area contributed by atoms with E-state index in [1.165, 1.54) is 12.1 Å². The van der Waals surface area contributed by atoms with E-state index < -0.39 is 17.6 Å². The van der Waals surface area contributed by atoms with Crippen molar-refractivity contribution in [1.29, 1.82) is 0 Å². The average molecular weight is 354 g/mol. The minimum atomic E-state index is -4.46. The molecule has 24 heavy (non-hydrogen) atoms. The van der Waals surface area contributed by atoms with E-state index in [0.29, 0.717) is 16.4 Å². The van der Waals surface area contributed by atoms with Gasteiger partial charge >= 0.3 is 6.18 Å². The molecular formula is C16H11ClF3N3O. The van der Waals surface area contributed by atoms with Gasteiger partial charge in [0.05, 0.1) is 22.7 Å². The van der Waals surface area contributed by atoms with E-state index in [1.807, 2.05) is 0 Å². The van der Waals surface area contributed by atoms with Crippen LogP contribution < -0.4 is 5.32 Å². The average Bonchev–Trinajstić information content (AvgIpc) is 2.87. The summed E-state index contributed by atoms with van der Waals surface area (Å²) in [5.41, 5.74) is 0.382. The molecular weight excluding hydrogens is 343 g/mol. The summed E-state index contributed by atoms with van der Waals surface area (Å²) in [6.07, 6.45) is -1.22. The predicted molar refractivity (Wildman–Crippen MR) is 84.0 cm³/mol. The predicted octanol–water partition coefficient (Wildman–Crippen LogP) is 4.19. The van der Waals surface area contributed by atoms with Gasteiger partial charge < -0.3 is 9.72 Å². The number of pyridine rings is 1. The van der Waals surface area contributed by atoms with E-state index in [0.717, 1.165) is 12.1 Å². The van der Waals surface area contributed by atoms with E-state index in [9.17, 15) is 18.0 Å². The summed E-state index contributed by atoms with van der Waals surface area (Å²) in [4.78, 5) is 16.3. The second-order valence-electron chi connectivity index (χ2n) is 5.15. The number of carbonyl (C=O) groups excluding carboxylic acids is 1. The third kappa shape index (κ3) is 3.68. The van der Waals surface area contributed by atoms with Gasteiger partial charge in [-0.15, -0.1) is 0 Å². The molecule has 3 rings (SSSR count). The number of benzene rings is 1. The van der Waals surface area contributed by atoms with Gasteiger partial charge in [0.1, 0.15) is 5.65 Å². The number of rotatable bonds is 3. The lowest BCUT2D eigenvalue weighted by Crippen LogP contribution is -2.15. The van der Waals surface area contributed by atoms with E-state index in [1.54, 1.807) is 28.9 Å². The molecule has 1 N–H and O–H groups in total. The van der Waals surface area contributed by atoms with Crippen LogP contribution in [-0.2, 0) is 17.4 Å². The van der Waals surface area contributed by atoms with Crippen molar-refractivity contribution in [2.75, 3.05) is 5.32 Å². The largest absolute Gasteiger partial charge is 0.416 e. The molecule has 8 heteroatoms.